The summed E-state index contributed by atoms with van der Waals surface area (Å²) >= 11 is 0. The van der Waals surface area contributed by atoms with Gasteiger partial charge in [-0.3, -0.25) is 4.79 Å². The SMILES string of the molecule is CC1(C)CCC(NC=O)(C(=O)O)CC1. The Balaban J connectivity index is 2.74. The molecule has 0 atom stereocenters. The molecule has 1 aliphatic carbocycles. The van der Waals surface area contributed by atoms with Gasteiger partial charge in [0.1, 0.15) is 5.54 Å². The van der Waals surface area contributed by atoms with Gasteiger partial charge < -0.3 is 10.4 Å². The molecule has 0 aromatic heterocycles. The van der Waals surface area contributed by atoms with E-state index in [1.165, 1.54) is 0 Å². The van der Waals surface area contributed by atoms with Crippen LogP contribution in [0.25, 0.3) is 0 Å². The maximum atomic E-state index is 11.1. The third-order valence-corrected chi connectivity index (χ3v) is 3.20. The van der Waals surface area contributed by atoms with Gasteiger partial charge in [-0.05, 0) is 31.1 Å². The number of carboxylic acids is 1. The van der Waals surface area contributed by atoms with Gasteiger partial charge >= 0.3 is 5.97 Å². The molecule has 0 aromatic rings. The summed E-state index contributed by atoms with van der Waals surface area (Å²) < 4.78 is 0. The van der Waals surface area contributed by atoms with E-state index in [1.807, 2.05) is 0 Å². The van der Waals surface area contributed by atoms with E-state index >= 15 is 0 Å². The van der Waals surface area contributed by atoms with Crippen LogP contribution in [-0.4, -0.2) is 23.0 Å². The lowest BCUT2D eigenvalue weighted by Gasteiger charge is -2.40. The Morgan fingerprint density at radius 1 is 1.29 bits per heavy atom. The van der Waals surface area contributed by atoms with Crippen molar-refractivity contribution in [3.8, 4) is 0 Å². The number of nitrogens with one attached hydrogen (secondary N) is 1. The molecule has 0 spiro atoms. The summed E-state index contributed by atoms with van der Waals surface area (Å²) in [6.07, 6.45) is 3.20. The van der Waals surface area contributed by atoms with Crippen LogP contribution < -0.4 is 5.32 Å². The highest BCUT2D eigenvalue weighted by Gasteiger charge is 2.43. The fraction of sp³-hybridized carbons (Fsp3) is 0.800. The third kappa shape index (κ3) is 2.05. The molecule has 4 nitrogen and oxygen atoms in total. The van der Waals surface area contributed by atoms with Gasteiger partial charge in [0.25, 0.3) is 0 Å². The number of hydrogen-bond donors (Lipinski definition) is 2. The number of amides is 1. The molecule has 14 heavy (non-hydrogen) atoms. The zero-order valence-corrected chi connectivity index (χ0v) is 8.67. The smallest absolute Gasteiger partial charge is 0.329 e. The largest absolute Gasteiger partial charge is 0.480 e. The Morgan fingerprint density at radius 2 is 1.79 bits per heavy atom. The molecule has 1 aliphatic rings. The highest BCUT2D eigenvalue weighted by molar-refractivity contribution is 5.81. The first kappa shape index (κ1) is 11.0. The van der Waals surface area contributed by atoms with Crippen LogP contribution in [0.3, 0.4) is 0 Å². The Bertz CT molecular complexity index is 238. The molecule has 1 amide bonds. The fourth-order valence-corrected chi connectivity index (χ4v) is 1.89. The molecule has 0 bridgehead atoms. The van der Waals surface area contributed by atoms with Crippen LogP contribution in [0, 0.1) is 5.41 Å². The monoisotopic (exact) mass is 199 g/mol. The summed E-state index contributed by atoms with van der Waals surface area (Å²) in [5.41, 5.74) is -0.819. The van der Waals surface area contributed by atoms with E-state index in [-0.39, 0.29) is 5.41 Å². The number of carboxylic acid groups (broad SMARTS) is 1. The maximum Gasteiger partial charge on any atom is 0.329 e. The average molecular weight is 199 g/mol. The van der Waals surface area contributed by atoms with Gasteiger partial charge in [-0.25, -0.2) is 4.79 Å². The highest BCUT2D eigenvalue weighted by Crippen LogP contribution is 2.40. The minimum absolute atomic E-state index is 0.198. The van der Waals surface area contributed by atoms with Crippen LogP contribution in [-0.2, 0) is 9.59 Å². The van der Waals surface area contributed by atoms with Crippen LogP contribution in [0.15, 0.2) is 0 Å². The van der Waals surface area contributed by atoms with Crippen molar-refractivity contribution in [2.45, 2.75) is 45.1 Å². The van der Waals surface area contributed by atoms with Gasteiger partial charge in [-0.15, -0.1) is 0 Å². The Hall–Kier alpha value is -1.06. The second-order valence-electron chi connectivity index (χ2n) is 4.81. The standard InChI is InChI=1S/C10H17NO3/c1-9(2)3-5-10(6-4-9,8(13)14)11-7-12/h7H,3-6H2,1-2H3,(H,11,12)(H,13,14). The summed E-state index contributed by atoms with van der Waals surface area (Å²) in [7, 11) is 0. The number of carbonyl (C=O) groups is 2. The first-order valence-electron chi connectivity index (χ1n) is 4.87. The molecule has 1 rings (SSSR count). The average Bonchev–Trinajstić information content (AvgIpc) is 2.09. The lowest BCUT2D eigenvalue weighted by Crippen LogP contribution is -2.54. The van der Waals surface area contributed by atoms with Gasteiger partial charge in [0.2, 0.25) is 6.41 Å². The topological polar surface area (TPSA) is 66.4 Å². The number of rotatable bonds is 3. The van der Waals surface area contributed by atoms with E-state index in [2.05, 4.69) is 19.2 Å². The van der Waals surface area contributed by atoms with E-state index in [9.17, 15) is 9.59 Å². The number of aliphatic carboxylic acids is 1. The molecule has 1 saturated carbocycles. The summed E-state index contributed by atoms with van der Waals surface area (Å²) in [5.74, 6) is -0.917. The first-order chi connectivity index (χ1) is 6.42. The van der Waals surface area contributed by atoms with Crippen LogP contribution >= 0.6 is 0 Å². The second kappa shape index (κ2) is 3.59. The quantitative estimate of drug-likeness (QED) is 0.670. The van der Waals surface area contributed by atoms with Crippen LogP contribution in [0.2, 0.25) is 0 Å². The van der Waals surface area contributed by atoms with Crippen molar-refractivity contribution in [2.24, 2.45) is 5.41 Å². The summed E-state index contributed by atoms with van der Waals surface area (Å²) in [6.45, 7) is 4.25. The lowest BCUT2D eigenvalue weighted by molar-refractivity contribution is -0.148. The van der Waals surface area contributed by atoms with Gasteiger partial charge in [-0.2, -0.15) is 0 Å². The van der Waals surface area contributed by atoms with Crippen molar-refractivity contribution < 1.29 is 14.7 Å². The molecular formula is C10H17NO3. The predicted octanol–water partition coefficient (Wildman–Crippen LogP) is 1.16. The Labute approximate surface area is 83.7 Å². The van der Waals surface area contributed by atoms with Crippen molar-refractivity contribution >= 4 is 12.4 Å². The van der Waals surface area contributed by atoms with E-state index in [4.69, 9.17) is 5.11 Å². The molecule has 4 heteroatoms. The second-order valence-corrected chi connectivity index (χ2v) is 4.81. The van der Waals surface area contributed by atoms with Crippen LogP contribution in [0.4, 0.5) is 0 Å². The summed E-state index contributed by atoms with van der Waals surface area (Å²) in [5, 5.41) is 11.5. The molecule has 0 heterocycles. The molecule has 0 unspecified atom stereocenters. The number of hydrogen-bond acceptors (Lipinski definition) is 2. The van der Waals surface area contributed by atoms with Crippen molar-refractivity contribution in [2.75, 3.05) is 0 Å². The normalized spacial score (nSPS) is 23.9. The Morgan fingerprint density at radius 3 is 2.14 bits per heavy atom. The highest BCUT2D eigenvalue weighted by atomic mass is 16.4. The molecule has 80 valence electrons. The van der Waals surface area contributed by atoms with E-state index < -0.39 is 11.5 Å². The van der Waals surface area contributed by atoms with Crippen LogP contribution in [0.1, 0.15) is 39.5 Å². The Kier molecular flexibility index (Phi) is 2.83. The molecule has 1 fully saturated rings. The lowest BCUT2D eigenvalue weighted by atomic mass is 9.69. The minimum Gasteiger partial charge on any atom is -0.480 e. The van der Waals surface area contributed by atoms with E-state index in [0.29, 0.717) is 19.3 Å². The fourth-order valence-electron chi connectivity index (χ4n) is 1.89. The summed E-state index contributed by atoms with van der Waals surface area (Å²) in [6, 6.07) is 0. The van der Waals surface area contributed by atoms with Crippen molar-refractivity contribution in [3.63, 3.8) is 0 Å². The number of carbonyl (C=O) groups excluding carboxylic acids is 1. The molecule has 2 N–H and O–H groups in total. The van der Waals surface area contributed by atoms with E-state index in [0.717, 1.165) is 12.8 Å². The van der Waals surface area contributed by atoms with Gasteiger partial charge in [0.05, 0.1) is 0 Å². The van der Waals surface area contributed by atoms with Crippen LogP contribution in [0.5, 0.6) is 0 Å². The van der Waals surface area contributed by atoms with E-state index in [1.54, 1.807) is 0 Å². The van der Waals surface area contributed by atoms with Gasteiger partial charge in [-0.1, -0.05) is 13.8 Å². The molecule has 0 radical (unpaired) electrons. The maximum absolute atomic E-state index is 11.1. The van der Waals surface area contributed by atoms with Gasteiger partial charge in [0.15, 0.2) is 0 Å². The molecule has 0 aliphatic heterocycles. The molecular weight excluding hydrogens is 182 g/mol. The van der Waals surface area contributed by atoms with Crippen molar-refractivity contribution in [3.05, 3.63) is 0 Å². The van der Waals surface area contributed by atoms with Gasteiger partial charge in [0, 0.05) is 0 Å². The summed E-state index contributed by atoms with van der Waals surface area (Å²) in [4.78, 5) is 21.4. The van der Waals surface area contributed by atoms with Crippen molar-refractivity contribution in [1.29, 1.82) is 0 Å². The zero-order valence-electron chi connectivity index (χ0n) is 8.67. The molecule has 0 saturated heterocycles. The first-order valence-corrected chi connectivity index (χ1v) is 4.87. The predicted molar refractivity (Wildman–Crippen MR) is 51.8 cm³/mol. The van der Waals surface area contributed by atoms with Crippen molar-refractivity contribution in [1.82, 2.24) is 5.32 Å². The third-order valence-electron chi connectivity index (χ3n) is 3.20. The zero-order chi connectivity index (χ0) is 10.8. The minimum atomic E-state index is -1.02. The molecule has 0 aromatic carbocycles.